The van der Waals surface area contributed by atoms with Gasteiger partial charge in [0.2, 0.25) is 0 Å². The summed E-state index contributed by atoms with van der Waals surface area (Å²) in [6, 6.07) is 8.98. The molecule has 1 aliphatic rings. The molecule has 4 heteroatoms. The van der Waals surface area contributed by atoms with Gasteiger partial charge in [-0.25, -0.2) is 9.67 Å². The van der Waals surface area contributed by atoms with Crippen molar-refractivity contribution in [3.63, 3.8) is 0 Å². The van der Waals surface area contributed by atoms with Crippen LogP contribution < -0.4 is 5.32 Å². The van der Waals surface area contributed by atoms with Crippen molar-refractivity contribution in [1.29, 1.82) is 0 Å². The zero-order chi connectivity index (χ0) is 10.8. The van der Waals surface area contributed by atoms with Crippen molar-refractivity contribution in [2.45, 2.75) is 18.9 Å². The Kier molecular flexibility index (Phi) is 2.42. The highest BCUT2D eigenvalue weighted by Gasteiger charge is 2.16. The normalized spacial score (nSPS) is 20.1. The number of rotatable bonds is 2. The van der Waals surface area contributed by atoms with E-state index in [-0.39, 0.29) is 0 Å². The van der Waals surface area contributed by atoms with Gasteiger partial charge in [-0.05, 0) is 37.1 Å². The quantitative estimate of drug-likeness (QED) is 0.827. The van der Waals surface area contributed by atoms with Gasteiger partial charge in [0.1, 0.15) is 12.7 Å². The number of nitrogens with one attached hydrogen (secondary N) is 1. The Bertz CT molecular complexity index is 458. The van der Waals surface area contributed by atoms with Crippen LogP contribution in [-0.2, 0) is 0 Å². The maximum absolute atomic E-state index is 4.14. The zero-order valence-electron chi connectivity index (χ0n) is 9.00. The minimum absolute atomic E-state index is 0.503. The van der Waals surface area contributed by atoms with Crippen LogP contribution in [0.3, 0.4) is 0 Å². The molecule has 0 saturated carbocycles. The highest BCUT2D eigenvalue weighted by molar-refractivity contribution is 5.36. The molecule has 1 aromatic heterocycles. The van der Waals surface area contributed by atoms with Gasteiger partial charge < -0.3 is 5.32 Å². The van der Waals surface area contributed by atoms with Crippen LogP contribution in [0.5, 0.6) is 0 Å². The molecule has 1 saturated heterocycles. The fourth-order valence-corrected chi connectivity index (χ4v) is 2.19. The molecule has 4 nitrogen and oxygen atoms in total. The van der Waals surface area contributed by atoms with Crippen LogP contribution in [0.25, 0.3) is 5.69 Å². The van der Waals surface area contributed by atoms with E-state index in [9.17, 15) is 0 Å². The van der Waals surface area contributed by atoms with Crippen LogP contribution in [0.2, 0.25) is 0 Å². The van der Waals surface area contributed by atoms with E-state index >= 15 is 0 Å². The molecule has 0 bridgehead atoms. The van der Waals surface area contributed by atoms with Gasteiger partial charge in [0.05, 0.1) is 5.69 Å². The molecular weight excluding hydrogens is 200 g/mol. The first-order valence-corrected chi connectivity index (χ1v) is 5.62. The lowest BCUT2D eigenvalue weighted by atomic mass is 10.0. The topological polar surface area (TPSA) is 42.7 Å². The van der Waals surface area contributed by atoms with Gasteiger partial charge in [0.15, 0.2) is 0 Å². The second-order valence-electron chi connectivity index (χ2n) is 4.08. The summed E-state index contributed by atoms with van der Waals surface area (Å²) >= 11 is 0. The first-order chi connectivity index (χ1) is 7.93. The van der Waals surface area contributed by atoms with Crippen LogP contribution in [0.4, 0.5) is 0 Å². The van der Waals surface area contributed by atoms with Gasteiger partial charge >= 0.3 is 0 Å². The van der Waals surface area contributed by atoms with E-state index in [0.717, 1.165) is 12.2 Å². The second kappa shape index (κ2) is 4.06. The van der Waals surface area contributed by atoms with E-state index < -0.39 is 0 Å². The molecule has 1 fully saturated rings. The minimum atomic E-state index is 0.503. The van der Waals surface area contributed by atoms with Crippen LogP contribution in [-0.4, -0.2) is 21.3 Å². The summed E-state index contributed by atoms with van der Waals surface area (Å²) in [4.78, 5) is 3.96. The fourth-order valence-electron chi connectivity index (χ4n) is 2.19. The predicted molar refractivity (Wildman–Crippen MR) is 61.3 cm³/mol. The molecule has 2 heterocycles. The first-order valence-electron chi connectivity index (χ1n) is 5.62. The Balaban J connectivity index is 1.93. The lowest BCUT2D eigenvalue weighted by Gasteiger charge is -2.11. The number of hydrogen-bond acceptors (Lipinski definition) is 3. The van der Waals surface area contributed by atoms with E-state index in [4.69, 9.17) is 0 Å². The van der Waals surface area contributed by atoms with Gasteiger partial charge in [-0.1, -0.05) is 12.1 Å². The third-order valence-corrected chi connectivity index (χ3v) is 3.02. The van der Waals surface area contributed by atoms with Gasteiger partial charge in [-0.15, -0.1) is 0 Å². The second-order valence-corrected chi connectivity index (χ2v) is 4.08. The third kappa shape index (κ3) is 1.72. The molecule has 3 rings (SSSR count). The number of aromatic nitrogens is 3. The molecule has 82 valence electrons. The third-order valence-electron chi connectivity index (χ3n) is 3.02. The lowest BCUT2D eigenvalue weighted by Crippen LogP contribution is -2.13. The van der Waals surface area contributed by atoms with Gasteiger partial charge in [-0.3, -0.25) is 0 Å². The maximum Gasteiger partial charge on any atom is 0.138 e. The Labute approximate surface area is 94.3 Å². The number of nitrogens with zero attached hydrogens (tertiary/aromatic N) is 3. The Morgan fingerprint density at radius 1 is 1.38 bits per heavy atom. The Hall–Kier alpha value is -1.68. The standard InChI is InChI=1S/C12H14N4/c1-3-10(12-5-2-6-14-12)7-11(4-1)16-9-13-8-15-16/h1,3-4,7-9,12,14H,2,5-6H2. The highest BCUT2D eigenvalue weighted by Crippen LogP contribution is 2.24. The zero-order valence-corrected chi connectivity index (χ0v) is 9.00. The summed E-state index contributed by atoms with van der Waals surface area (Å²) < 4.78 is 1.79. The smallest absolute Gasteiger partial charge is 0.138 e. The van der Waals surface area contributed by atoms with Gasteiger partial charge in [-0.2, -0.15) is 5.10 Å². The Morgan fingerprint density at radius 3 is 3.12 bits per heavy atom. The molecule has 1 N–H and O–H groups in total. The fraction of sp³-hybridized carbons (Fsp3) is 0.333. The average molecular weight is 214 g/mol. The Morgan fingerprint density at radius 2 is 2.38 bits per heavy atom. The summed E-state index contributed by atoms with van der Waals surface area (Å²) in [7, 11) is 0. The van der Waals surface area contributed by atoms with Crippen molar-refractivity contribution < 1.29 is 0 Å². The van der Waals surface area contributed by atoms with Crippen molar-refractivity contribution in [1.82, 2.24) is 20.1 Å². The summed E-state index contributed by atoms with van der Waals surface area (Å²) in [5.74, 6) is 0. The molecular formula is C12H14N4. The van der Waals surface area contributed by atoms with Crippen molar-refractivity contribution in [2.24, 2.45) is 0 Å². The van der Waals surface area contributed by atoms with Crippen LogP contribution >= 0.6 is 0 Å². The van der Waals surface area contributed by atoms with Crippen LogP contribution in [0.15, 0.2) is 36.9 Å². The largest absolute Gasteiger partial charge is 0.310 e. The minimum Gasteiger partial charge on any atom is -0.310 e. The molecule has 0 spiro atoms. The monoisotopic (exact) mass is 214 g/mol. The molecule has 1 aliphatic heterocycles. The van der Waals surface area contributed by atoms with Crippen molar-refractivity contribution in [3.05, 3.63) is 42.5 Å². The van der Waals surface area contributed by atoms with E-state index in [2.05, 4.69) is 33.6 Å². The number of benzene rings is 1. The SMILES string of the molecule is c1cc(C2CCCN2)cc(-n2cncn2)c1. The molecule has 1 aromatic carbocycles. The van der Waals surface area contributed by atoms with Crippen molar-refractivity contribution in [2.75, 3.05) is 6.54 Å². The molecule has 0 amide bonds. The lowest BCUT2D eigenvalue weighted by molar-refractivity contribution is 0.646. The average Bonchev–Trinajstić information content (AvgIpc) is 3.03. The molecule has 1 atom stereocenters. The summed E-state index contributed by atoms with van der Waals surface area (Å²) in [5.41, 5.74) is 2.41. The highest BCUT2D eigenvalue weighted by atomic mass is 15.3. The first kappa shape index (κ1) is 9.54. The van der Waals surface area contributed by atoms with E-state index in [1.165, 1.54) is 18.4 Å². The van der Waals surface area contributed by atoms with E-state index in [1.807, 2.05) is 6.07 Å². The maximum atomic E-state index is 4.14. The summed E-state index contributed by atoms with van der Waals surface area (Å²) in [6.07, 6.45) is 5.76. The molecule has 1 unspecified atom stereocenters. The van der Waals surface area contributed by atoms with Crippen LogP contribution in [0.1, 0.15) is 24.4 Å². The van der Waals surface area contributed by atoms with E-state index in [0.29, 0.717) is 6.04 Å². The van der Waals surface area contributed by atoms with Crippen molar-refractivity contribution in [3.8, 4) is 5.69 Å². The van der Waals surface area contributed by atoms with Gasteiger partial charge in [0, 0.05) is 6.04 Å². The number of hydrogen-bond donors (Lipinski definition) is 1. The van der Waals surface area contributed by atoms with Crippen LogP contribution in [0, 0.1) is 0 Å². The molecule has 0 aliphatic carbocycles. The van der Waals surface area contributed by atoms with Crippen molar-refractivity contribution >= 4 is 0 Å². The molecule has 0 radical (unpaired) electrons. The molecule has 16 heavy (non-hydrogen) atoms. The summed E-state index contributed by atoms with van der Waals surface area (Å²) in [5, 5.41) is 7.64. The summed E-state index contributed by atoms with van der Waals surface area (Å²) in [6.45, 7) is 1.12. The molecule has 2 aromatic rings. The van der Waals surface area contributed by atoms with E-state index in [1.54, 1.807) is 17.3 Å². The van der Waals surface area contributed by atoms with Gasteiger partial charge in [0.25, 0.3) is 0 Å². The predicted octanol–water partition coefficient (Wildman–Crippen LogP) is 1.69.